The molecule has 0 radical (unpaired) electrons. The zero-order valence-electron chi connectivity index (χ0n) is 11.2. The third-order valence-electron chi connectivity index (χ3n) is 2.79. The van der Waals surface area contributed by atoms with Crippen LogP contribution in [0.1, 0.15) is 16.2 Å². The van der Waals surface area contributed by atoms with Crippen LogP contribution in [0, 0.1) is 5.21 Å². The molecule has 22 heavy (non-hydrogen) atoms. The topological polar surface area (TPSA) is 108 Å². The van der Waals surface area contributed by atoms with E-state index in [2.05, 4.69) is 20.3 Å². The Morgan fingerprint density at radius 2 is 2.09 bits per heavy atom. The molecule has 2 heterocycles. The van der Waals surface area contributed by atoms with Gasteiger partial charge in [-0.2, -0.15) is 5.10 Å². The highest BCUT2D eigenvalue weighted by Gasteiger charge is 2.19. The molecule has 0 atom stereocenters. The van der Waals surface area contributed by atoms with Crippen LogP contribution in [0.25, 0.3) is 11.3 Å². The van der Waals surface area contributed by atoms with E-state index in [1.54, 1.807) is 30.3 Å². The average Bonchev–Trinajstić information content (AvgIpc) is 3.19. The van der Waals surface area contributed by atoms with Crippen molar-refractivity contribution in [1.82, 2.24) is 10.6 Å². The first kappa shape index (κ1) is 13.6. The lowest BCUT2D eigenvalue weighted by atomic mass is 10.1. The van der Waals surface area contributed by atoms with Crippen LogP contribution in [0.4, 0.5) is 0 Å². The van der Waals surface area contributed by atoms with E-state index in [0.717, 1.165) is 6.21 Å². The third kappa shape index (κ3) is 2.70. The summed E-state index contributed by atoms with van der Waals surface area (Å²) in [6, 6.07) is 12.1. The summed E-state index contributed by atoms with van der Waals surface area (Å²) in [5.74, 6) is -0.419. The number of benzene rings is 1. The van der Waals surface area contributed by atoms with E-state index in [-0.39, 0.29) is 16.4 Å². The largest absolute Gasteiger partial charge is 0.459 e. The maximum atomic E-state index is 11.6. The summed E-state index contributed by atoms with van der Waals surface area (Å²) < 4.78 is 9.48. The second kappa shape index (κ2) is 5.92. The molecule has 2 aromatic heterocycles. The minimum Gasteiger partial charge on any atom is -0.459 e. The zero-order valence-corrected chi connectivity index (χ0v) is 11.2. The lowest BCUT2D eigenvalue weighted by molar-refractivity contribution is -0.803. The quantitative estimate of drug-likeness (QED) is 0.444. The van der Waals surface area contributed by atoms with Gasteiger partial charge in [0.05, 0.1) is 6.26 Å². The molecule has 1 amide bonds. The molecule has 0 aliphatic carbocycles. The molecular formula is C14H10N4O4. The van der Waals surface area contributed by atoms with E-state index in [0.29, 0.717) is 11.3 Å². The number of carbonyl (C=O) groups is 1. The number of hydrazone groups is 1. The molecule has 3 aromatic rings. The smallest absolute Gasteiger partial charge is 0.307 e. The van der Waals surface area contributed by atoms with E-state index in [1.807, 2.05) is 6.07 Å². The normalized spacial score (nSPS) is 10.9. The van der Waals surface area contributed by atoms with Crippen molar-refractivity contribution in [3.05, 3.63) is 65.4 Å². The molecule has 0 spiro atoms. The first-order valence-corrected chi connectivity index (χ1v) is 6.28. The lowest BCUT2D eigenvalue weighted by Crippen LogP contribution is -2.28. The highest BCUT2D eigenvalue weighted by molar-refractivity contribution is 5.92. The molecule has 0 saturated carbocycles. The summed E-state index contributed by atoms with van der Waals surface area (Å²) in [5, 5.41) is 19.0. The van der Waals surface area contributed by atoms with Gasteiger partial charge < -0.3 is 9.62 Å². The van der Waals surface area contributed by atoms with E-state index < -0.39 is 5.91 Å². The number of amides is 1. The summed E-state index contributed by atoms with van der Waals surface area (Å²) >= 11 is 0. The van der Waals surface area contributed by atoms with Gasteiger partial charge in [0.1, 0.15) is 6.21 Å². The highest BCUT2D eigenvalue weighted by atomic mass is 16.8. The molecule has 110 valence electrons. The van der Waals surface area contributed by atoms with Crippen molar-refractivity contribution in [2.75, 3.05) is 0 Å². The number of nitrogens with one attached hydrogen (secondary N) is 1. The van der Waals surface area contributed by atoms with Crippen LogP contribution < -0.4 is 10.3 Å². The van der Waals surface area contributed by atoms with Gasteiger partial charge >= 0.3 is 5.91 Å². The van der Waals surface area contributed by atoms with Crippen LogP contribution in [0.15, 0.2) is 62.9 Å². The lowest BCUT2D eigenvalue weighted by Gasteiger charge is -1.95. The molecule has 3 rings (SSSR count). The summed E-state index contributed by atoms with van der Waals surface area (Å²) in [6.45, 7) is 0. The van der Waals surface area contributed by atoms with Crippen LogP contribution >= 0.6 is 0 Å². The van der Waals surface area contributed by atoms with Gasteiger partial charge in [-0.1, -0.05) is 30.3 Å². The fourth-order valence-corrected chi connectivity index (χ4v) is 1.77. The van der Waals surface area contributed by atoms with Gasteiger partial charge in [-0.3, -0.25) is 9.42 Å². The van der Waals surface area contributed by atoms with Gasteiger partial charge in [0.25, 0.3) is 5.69 Å². The number of aromatic nitrogens is 2. The number of nitrogens with zero attached hydrogens (tertiary/aromatic N) is 3. The molecule has 0 bridgehead atoms. The molecule has 0 aliphatic rings. The predicted molar refractivity (Wildman–Crippen MR) is 74.7 cm³/mol. The summed E-state index contributed by atoms with van der Waals surface area (Å²) in [6.07, 6.45) is 2.53. The Labute approximate surface area is 124 Å². The monoisotopic (exact) mass is 298 g/mol. The second-order valence-electron chi connectivity index (χ2n) is 4.21. The van der Waals surface area contributed by atoms with Crippen molar-refractivity contribution in [3.8, 4) is 11.3 Å². The standard InChI is InChI=1S/C14H10N4O4/c19-14(12-7-4-8-21-12)16-15-9-11-13(17-22-18(11)20)10-5-2-1-3-6-10/h1-9H,(H,16,19)/b15-9+. The van der Waals surface area contributed by atoms with Crippen molar-refractivity contribution in [3.63, 3.8) is 0 Å². The number of rotatable bonds is 4. The molecule has 8 heteroatoms. The number of furan rings is 1. The Balaban J connectivity index is 1.79. The highest BCUT2D eigenvalue weighted by Crippen LogP contribution is 2.17. The first-order valence-electron chi connectivity index (χ1n) is 6.28. The van der Waals surface area contributed by atoms with Crippen molar-refractivity contribution in [2.45, 2.75) is 0 Å². The van der Waals surface area contributed by atoms with Crippen LogP contribution in [-0.4, -0.2) is 17.3 Å². The van der Waals surface area contributed by atoms with Crippen LogP contribution in [0.5, 0.6) is 0 Å². The fourth-order valence-electron chi connectivity index (χ4n) is 1.77. The van der Waals surface area contributed by atoms with Crippen molar-refractivity contribution in [2.24, 2.45) is 5.10 Å². The summed E-state index contributed by atoms with van der Waals surface area (Å²) in [7, 11) is 0. The average molecular weight is 298 g/mol. The molecule has 1 aromatic carbocycles. The van der Waals surface area contributed by atoms with Crippen LogP contribution in [-0.2, 0) is 0 Å². The van der Waals surface area contributed by atoms with Gasteiger partial charge in [0.15, 0.2) is 5.76 Å². The van der Waals surface area contributed by atoms with Crippen molar-refractivity contribution >= 4 is 12.1 Å². The van der Waals surface area contributed by atoms with Crippen molar-refractivity contribution < 1.29 is 18.7 Å². The SMILES string of the molecule is O=C(N/N=C/c1c(-c2ccccc2)no[n+]1[O-])c1ccco1. The Kier molecular flexibility index (Phi) is 3.65. The second-order valence-corrected chi connectivity index (χ2v) is 4.21. The zero-order chi connectivity index (χ0) is 15.4. The van der Waals surface area contributed by atoms with Crippen LogP contribution in [0.2, 0.25) is 0 Å². The van der Waals surface area contributed by atoms with Gasteiger partial charge in [0.2, 0.25) is 5.69 Å². The van der Waals surface area contributed by atoms with Crippen LogP contribution in [0.3, 0.4) is 0 Å². The number of carbonyl (C=O) groups excluding carboxylic acids is 1. The minimum absolute atomic E-state index is 0.0749. The van der Waals surface area contributed by atoms with E-state index in [9.17, 15) is 10.0 Å². The Hall–Kier alpha value is -3.42. The molecule has 0 fully saturated rings. The Bertz CT molecular complexity index is 794. The number of hydrogen-bond donors (Lipinski definition) is 1. The van der Waals surface area contributed by atoms with E-state index >= 15 is 0 Å². The van der Waals surface area contributed by atoms with E-state index in [1.165, 1.54) is 12.3 Å². The molecule has 0 saturated heterocycles. The minimum atomic E-state index is -0.531. The third-order valence-corrected chi connectivity index (χ3v) is 2.79. The maximum Gasteiger partial charge on any atom is 0.307 e. The first-order chi connectivity index (χ1) is 10.8. The molecular weight excluding hydrogens is 288 g/mol. The molecule has 1 N–H and O–H groups in total. The van der Waals surface area contributed by atoms with Gasteiger partial charge in [-0.15, -0.1) is 0 Å². The molecule has 0 unspecified atom stereocenters. The fraction of sp³-hybridized carbons (Fsp3) is 0. The van der Waals surface area contributed by atoms with Gasteiger partial charge in [0, 0.05) is 10.7 Å². The molecule has 8 nitrogen and oxygen atoms in total. The van der Waals surface area contributed by atoms with Gasteiger partial charge in [-0.05, 0) is 17.0 Å². The number of hydrogen-bond acceptors (Lipinski definition) is 6. The Morgan fingerprint density at radius 3 is 2.82 bits per heavy atom. The maximum absolute atomic E-state index is 11.6. The Morgan fingerprint density at radius 1 is 1.27 bits per heavy atom. The van der Waals surface area contributed by atoms with E-state index in [4.69, 9.17) is 4.42 Å². The summed E-state index contributed by atoms with van der Waals surface area (Å²) in [4.78, 5) is 11.8. The predicted octanol–water partition coefficient (Wildman–Crippen LogP) is 1.33. The molecule has 0 aliphatic heterocycles. The van der Waals surface area contributed by atoms with Gasteiger partial charge in [-0.25, -0.2) is 5.43 Å². The summed E-state index contributed by atoms with van der Waals surface area (Å²) in [5.41, 5.74) is 3.34. The van der Waals surface area contributed by atoms with Crippen molar-refractivity contribution in [1.29, 1.82) is 0 Å².